The van der Waals surface area contributed by atoms with Gasteiger partial charge >= 0.3 is 0 Å². The predicted octanol–water partition coefficient (Wildman–Crippen LogP) is 3.32. The van der Waals surface area contributed by atoms with Crippen LogP contribution in [-0.2, 0) is 0 Å². The minimum absolute atomic E-state index is 0.191. The summed E-state index contributed by atoms with van der Waals surface area (Å²) in [4.78, 5) is 32.5. The number of rotatable bonds is 2. The molecule has 0 aliphatic carbocycles. The number of hydrogen-bond donors (Lipinski definition) is 2. The molecule has 1 saturated heterocycles. The third kappa shape index (κ3) is 2.92. The number of carbonyl (C=O) groups is 1. The fourth-order valence-electron chi connectivity index (χ4n) is 3.76. The summed E-state index contributed by atoms with van der Waals surface area (Å²) < 4.78 is 13.4. The lowest BCUT2D eigenvalue weighted by atomic mass is 9.89. The molecule has 0 radical (unpaired) electrons. The zero-order chi connectivity index (χ0) is 18.3. The predicted molar refractivity (Wildman–Crippen MR) is 97.9 cm³/mol. The second kappa shape index (κ2) is 6.44. The number of H-pyrrole nitrogens is 2. The number of halogens is 1. The van der Waals surface area contributed by atoms with Gasteiger partial charge in [0.15, 0.2) is 5.43 Å². The fourth-order valence-corrected chi connectivity index (χ4v) is 3.76. The van der Waals surface area contributed by atoms with Crippen LogP contribution in [0.3, 0.4) is 0 Å². The first-order valence-corrected chi connectivity index (χ1v) is 8.78. The molecule has 1 aromatic carbocycles. The molecule has 1 aliphatic heterocycles. The van der Waals surface area contributed by atoms with Crippen molar-refractivity contribution in [1.29, 1.82) is 0 Å². The number of piperidine rings is 1. The number of likely N-dealkylation sites (tertiary alicyclic amines) is 1. The van der Waals surface area contributed by atoms with Gasteiger partial charge in [-0.05, 0) is 49.4 Å². The molecule has 6 heteroatoms. The number of pyridine rings is 1. The van der Waals surface area contributed by atoms with Gasteiger partial charge in [-0.3, -0.25) is 9.59 Å². The van der Waals surface area contributed by atoms with E-state index in [9.17, 15) is 14.0 Å². The summed E-state index contributed by atoms with van der Waals surface area (Å²) in [6.45, 7) is 2.99. The molecule has 1 fully saturated rings. The van der Waals surface area contributed by atoms with Gasteiger partial charge in [-0.15, -0.1) is 0 Å². The lowest BCUT2D eigenvalue weighted by molar-refractivity contribution is 0.0711. The first-order chi connectivity index (χ1) is 12.5. The van der Waals surface area contributed by atoms with Crippen LogP contribution < -0.4 is 5.43 Å². The van der Waals surface area contributed by atoms with Crippen molar-refractivity contribution < 1.29 is 9.18 Å². The molecule has 0 atom stereocenters. The summed E-state index contributed by atoms with van der Waals surface area (Å²) in [7, 11) is 0. The van der Waals surface area contributed by atoms with Crippen LogP contribution in [0.25, 0.3) is 10.9 Å². The highest BCUT2D eigenvalue weighted by Gasteiger charge is 2.27. The Kier molecular flexibility index (Phi) is 4.11. The molecule has 0 unspecified atom stereocenters. The van der Waals surface area contributed by atoms with Crippen LogP contribution in [0.1, 0.15) is 40.4 Å². The van der Waals surface area contributed by atoms with Crippen molar-refractivity contribution >= 4 is 16.8 Å². The monoisotopic (exact) mass is 353 g/mol. The second-order valence-electron chi connectivity index (χ2n) is 6.89. The maximum Gasteiger partial charge on any atom is 0.259 e. The molecule has 2 N–H and O–H groups in total. The number of benzene rings is 1. The number of aromatic amines is 2. The summed E-state index contributed by atoms with van der Waals surface area (Å²) >= 11 is 0. The number of aryl methyl sites for hydroxylation is 1. The van der Waals surface area contributed by atoms with Crippen molar-refractivity contribution in [2.45, 2.75) is 25.7 Å². The average Bonchev–Trinajstić information content (AvgIpc) is 3.04. The van der Waals surface area contributed by atoms with E-state index in [0.717, 1.165) is 29.4 Å². The van der Waals surface area contributed by atoms with Gasteiger partial charge in [0.25, 0.3) is 5.91 Å². The van der Waals surface area contributed by atoms with E-state index < -0.39 is 0 Å². The molecule has 2 aromatic heterocycles. The van der Waals surface area contributed by atoms with E-state index in [1.807, 2.05) is 6.20 Å². The molecule has 1 aliphatic rings. The zero-order valence-corrected chi connectivity index (χ0v) is 14.5. The van der Waals surface area contributed by atoms with Crippen molar-refractivity contribution in [2.75, 3.05) is 13.1 Å². The van der Waals surface area contributed by atoms with Crippen LogP contribution >= 0.6 is 0 Å². The van der Waals surface area contributed by atoms with E-state index in [4.69, 9.17) is 0 Å². The van der Waals surface area contributed by atoms with Crippen LogP contribution in [-0.4, -0.2) is 33.9 Å². The van der Waals surface area contributed by atoms with Crippen molar-refractivity contribution in [3.05, 3.63) is 69.5 Å². The van der Waals surface area contributed by atoms with Crippen LogP contribution in [0.5, 0.6) is 0 Å². The Hall–Kier alpha value is -2.89. The third-order valence-corrected chi connectivity index (χ3v) is 5.19. The van der Waals surface area contributed by atoms with Gasteiger partial charge in [0.1, 0.15) is 11.4 Å². The maximum atomic E-state index is 13.4. The van der Waals surface area contributed by atoms with Crippen LogP contribution in [0.2, 0.25) is 0 Å². The Balaban J connectivity index is 1.50. The Morgan fingerprint density at radius 3 is 2.65 bits per heavy atom. The Morgan fingerprint density at radius 1 is 1.15 bits per heavy atom. The zero-order valence-electron chi connectivity index (χ0n) is 14.5. The molecule has 0 saturated carbocycles. The van der Waals surface area contributed by atoms with Crippen molar-refractivity contribution in [3.8, 4) is 0 Å². The van der Waals surface area contributed by atoms with E-state index in [2.05, 4.69) is 9.97 Å². The second-order valence-corrected chi connectivity index (χ2v) is 6.89. The van der Waals surface area contributed by atoms with Crippen molar-refractivity contribution in [1.82, 2.24) is 14.9 Å². The molecule has 134 valence electrons. The number of amides is 1. The van der Waals surface area contributed by atoms with Gasteiger partial charge in [0, 0.05) is 48.1 Å². The molecule has 26 heavy (non-hydrogen) atoms. The summed E-state index contributed by atoms with van der Waals surface area (Å²) in [5, 5.41) is 1.03. The largest absolute Gasteiger partial charge is 0.364 e. The molecular formula is C20H20FN3O2. The summed E-state index contributed by atoms with van der Waals surface area (Å²) in [5.41, 5.74) is 2.65. The lowest BCUT2D eigenvalue weighted by Crippen LogP contribution is -2.39. The van der Waals surface area contributed by atoms with E-state index in [1.54, 1.807) is 17.9 Å². The quantitative estimate of drug-likeness (QED) is 0.742. The summed E-state index contributed by atoms with van der Waals surface area (Å²) in [6, 6.07) is 6.23. The highest BCUT2D eigenvalue weighted by Crippen LogP contribution is 2.33. The summed E-state index contributed by atoms with van der Waals surface area (Å²) in [6.07, 6.45) is 5.08. The Bertz CT molecular complexity index is 1030. The molecule has 1 amide bonds. The maximum absolute atomic E-state index is 13.4. The van der Waals surface area contributed by atoms with Gasteiger partial charge in [-0.1, -0.05) is 0 Å². The minimum Gasteiger partial charge on any atom is -0.364 e. The van der Waals surface area contributed by atoms with Gasteiger partial charge < -0.3 is 14.9 Å². The number of hydrogen-bond acceptors (Lipinski definition) is 2. The number of nitrogens with zero attached hydrogens (tertiary/aromatic N) is 1. The smallest absolute Gasteiger partial charge is 0.259 e. The van der Waals surface area contributed by atoms with Crippen LogP contribution in [0.4, 0.5) is 4.39 Å². The Labute approximate surface area is 149 Å². The molecule has 5 nitrogen and oxygen atoms in total. The van der Waals surface area contributed by atoms with E-state index in [-0.39, 0.29) is 22.7 Å². The number of carbonyl (C=O) groups excluding carboxylic acids is 1. The lowest BCUT2D eigenvalue weighted by Gasteiger charge is -2.32. The first kappa shape index (κ1) is 16.6. The highest BCUT2D eigenvalue weighted by atomic mass is 19.1. The number of aromatic nitrogens is 2. The van der Waals surface area contributed by atoms with Gasteiger partial charge in [-0.2, -0.15) is 0 Å². The molecule has 4 rings (SSSR count). The average molecular weight is 353 g/mol. The molecular weight excluding hydrogens is 333 g/mol. The van der Waals surface area contributed by atoms with Crippen molar-refractivity contribution in [3.63, 3.8) is 0 Å². The normalized spacial score (nSPS) is 15.5. The standard InChI is InChI=1S/C20H20FN3O2/c1-12-8-19(25)17(11-22-12)20(26)24-6-4-13(5-7-24)16-10-23-18-9-14(21)2-3-15(16)18/h2-3,8-11,13,23H,4-7H2,1H3,(H,22,25). The van der Waals surface area contributed by atoms with E-state index in [1.165, 1.54) is 30.0 Å². The van der Waals surface area contributed by atoms with Crippen molar-refractivity contribution in [2.24, 2.45) is 0 Å². The topological polar surface area (TPSA) is 69.0 Å². The van der Waals surface area contributed by atoms with Gasteiger partial charge in [0.05, 0.1) is 0 Å². The Morgan fingerprint density at radius 2 is 1.92 bits per heavy atom. The molecule has 0 bridgehead atoms. The summed E-state index contributed by atoms with van der Waals surface area (Å²) in [5.74, 6) is -0.158. The fraction of sp³-hybridized carbons (Fsp3) is 0.300. The molecule has 0 spiro atoms. The van der Waals surface area contributed by atoms with Crippen LogP contribution in [0, 0.1) is 12.7 Å². The minimum atomic E-state index is -0.255. The highest BCUT2D eigenvalue weighted by molar-refractivity contribution is 5.94. The SMILES string of the molecule is Cc1cc(=O)c(C(=O)N2CCC(c3c[nH]c4cc(F)ccc34)CC2)c[nH]1. The van der Waals surface area contributed by atoms with Gasteiger partial charge in [-0.25, -0.2) is 4.39 Å². The number of nitrogens with one attached hydrogen (secondary N) is 2. The van der Waals surface area contributed by atoms with E-state index >= 15 is 0 Å². The molecule has 3 heterocycles. The van der Waals surface area contributed by atoms with E-state index in [0.29, 0.717) is 19.0 Å². The molecule has 3 aromatic rings. The number of fused-ring (bicyclic) bond motifs is 1. The van der Waals surface area contributed by atoms with Crippen LogP contribution in [0.15, 0.2) is 41.5 Å². The third-order valence-electron chi connectivity index (χ3n) is 5.19. The first-order valence-electron chi connectivity index (χ1n) is 8.78. The van der Waals surface area contributed by atoms with Gasteiger partial charge in [0.2, 0.25) is 0 Å².